The number of hydrogen-bond donors (Lipinski definition) is 0. The molecule has 3 rings (SSSR count). The molecule has 116 valence electrons. The van der Waals surface area contributed by atoms with Crippen LogP contribution in [-0.2, 0) is 22.9 Å². The Hall–Kier alpha value is -0.910. The van der Waals surface area contributed by atoms with Gasteiger partial charge in [-0.1, -0.05) is 6.07 Å². The minimum absolute atomic E-state index is 0.478. The second-order valence-electron chi connectivity index (χ2n) is 6.38. The van der Waals surface area contributed by atoms with Gasteiger partial charge in [-0.15, -0.1) is 0 Å². The minimum Gasteiger partial charge on any atom is -0.306 e. The van der Waals surface area contributed by atoms with Crippen LogP contribution in [0.2, 0.25) is 0 Å². The van der Waals surface area contributed by atoms with Gasteiger partial charge in [-0.3, -0.25) is 0 Å². The quantitative estimate of drug-likeness (QED) is 0.856. The van der Waals surface area contributed by atoms with Crippen molar-refractivity contribution in [3.63, 3.8) is 0 Å². The predicted molar refractivity (Wildman–Crippen MR) is 83.9 cm³/mol. The molecule has 1 aliphatic carbocycles. The van der Waals surface area contributed by atoms with Gasteiger partial charge in [0.15, 0.2) is 0 Å². The van der Waals surface area contributed by atoms with Gasteiger partial charge in [-0.2, -0.15) is 4.31 Å². The average Bonchev–Trinajstić information content (AvgIpc) is 2.94. The summed E-state index contributed by atoms with van der Waals surface area (Å²) in [5, 5.41) is 0. The molecule has 1 aromatic rings. The zero-order chi connectivity index (χ0) is 15.0. The SMILES string of the molecule is CN(C)C1CCN(S(=O)(=O)c2ccc3c(c2)CCC3)CC1. The Morgan fingerprint density at radius 1 is 1.10 bits per heavy atom. The Balaban J connectivity index is 1.78. The van der Waals surface area contributed by atoms with Crippen LogP contribution in [0.4, 0.5) is 0 Å². The smallest absolute Gasteiger partial charge is 0.243 e. The first-order chi connectivity index (χ1) is 9.98. The predicted octanol–water partition coefficient (Wildman–Crippen LogP) is 1.89. The highest BCUT2D eigenvalue weighted by Gasteiger charge is 2.30. The molecule has 1 heterocycles. The van der Waals surface area contributed by atoms with Crippen molar-refractivity contribution in [3.8, 4) is 0 Å². The average molecular weight is 308 g/mol. The summed E-state index contributed by atoms with van der Waals surface area (Å²) in [7, 11) is 0.812. The lowest BCUT2D eigenvalue weighted by atomic mass is 10.1. The van der Waals surface area contributed by atoms with E-state index >= 15 is 0 Å². The molecule has 1 aliphatic heterocycles. The fraction of sp³-hybridized carbons (Fsp3) is 0.625. The number of benzene rings is 1. The molecular formula is C16H24N2O2S. The lowest BCUT2D eigenvalue weighted by Crippen LogP contribution is -2.44. The molecular weight excluding hydrogens is 284 g/mol. The molecule has 0 unspecified atom stereocenters. The van der Waals surface area contributed by atoms with E-state index in [1.165, 1.54) is 11.1 Å². The summed E-state index contributed by atoms with van der Waals surface area (Å²) < 4.78 is 27.2. The number of hydrogen-bond acceptors (Lipinski definition) is 3. The van der Waals surface area contributed by atoms with E-state index in [0.717, 1.165) is 32.1 Å². The third-order valence-electron chi connectivity index (χ3n) is 4.86. The van der Waals surface area contributed by atoms with Gasteiger partial charge in [-0.05, 0) is 69.5 Å². The summed E-state index contributed by atoms with van der Waals surface area (Å²) in [6, 6.07) is 6.19. The second-order valence-corrected chi connectivity index (χ2v) is 8.32. The molecule has 0 aromatic heterocycles. The lowest BCUT2D eigenvalue weighted by molar-refractivity contribution is 0.196. The van der Waals surface area contributed by atoms with Gasteiger partial charge in [0.2, 0.25) is 10.0 Å². The molecule has 2 aliphatic rings. The van der Waals surface area contributed by atoms with Crippen LogP contribution in [0.15, 0.2) is 23.1 Å². The van der Waals surface area contributed by atoms with Gasteiger partial charge in [-0.25, -0.2) is 8.42 Å². The molecule has 0 atom stereocenters. The van der Waals surface area contributed by atoms with E-state index < -0.39 is 10.0 Å². The second kappa shape index (κ2) is 5.71. The molecule has 0 N–H and O–H groups in total. The third kappa shape index (κ3) is 2.87. The van der Waals surface area contributed by atoms with Crippen LogP contribution in [0, 0.1) is 0 Å². The third-order valence-corrected chi connectivity index (χ3v) is 6.76. The standard InChI is InChI=1S/C16H24N2O2S/c1-17(2)15-8-10-18(11-9-15)21(19,20)16-7-6-13-4-3-5-14(13)12-16/h6-7,12,15H,3-5,8-11H2,1-2H3. The Bertz CT molecular complexity index is 617. The van der Waals surface area contributed by atoms with E-state index in [9.17, 15) is 8.42 Å². The highest BCUT2D eigenvalue weighted by Crippen LogP contribution is 2.27. The Morgan fingerprint density at radius 3 is 2.43 bits per heavy atom. The number of aryl methyl sites for hydroxylation is 2. The Labute approximate surface area is 127 Å². The summed E-state index contributed by atoms with van der Waals surface area (Å²) in [4.78, 5) is 2.67. The van der Waals surface area contributed by atoms with E-state index in [1.807, 2.05) is 12.1 Å². The number of fused-ring (bicyclic) bond motifs is 1. The molecule has 21 heavy (non-hydrogen) atoms. The minimum atomic E-state index is -3.32. The topological polar surface area (TPSA) is 40.6 Å². The van der Waals surface area contributed by atoms with E-state index in [0.29, 0.717) is 24.0 Å². The Morgan fingerprint density at radius 2 is 1.76 bits per heavy atom. The van der Waals surface area contributed by atoms with Crippen LogP contribution in [-0.4, -0.2) is 50.8 Å². The van der Waals surface area contributed by atoms with Gasteiger partial charge in [0.25, 0.3) is 0 Å². The molecule has 1 saturated heterocycles. The summed E-state index contributed by atoms with van der Waals surface area (Å²) in [5.74, 6) is 0. The molecule has 5 heteroatoms. The first-order valence-electron chi connectivity index (χ1n) is 7.77. The summed E-state index contributed by atoms with van der Waals surface area (Å²) in [5.41, 5.74) is 2.54. The van der Waals surface area contributed by atoms with Crippen molar-refractivity contribution in [3.05, 3.63) is 29.3 Å². The fourth-order valence-corrected chi connectivity index (χ4v) is 4.98. The first kappa shape index (κ1) is 15.0. The van der Waals surface area contributed by atoms with Crippen molar-refractivity contribution in [1.82, 2.24) is 9.21 Å². The van der Waals surface area contributed by atoms with Gasteiger partial charge in [0.05, 0.1) is 4.90 Å². The van der Waals surface area contributed by atoms with Gasteiger partial charge in [0, 0.05) is 19.1 Å². The molecule has 0 radical (unpaired) electrons. The summed E-state index contributed by atoms with van der Waals surface area (Å²) in [6.45, 7) is 1.25. The van der Waals surface area contributed by atoms with Crippen LogP contribution in [0.3, 0.4) is 0 Å². The molecule has 0 bridgehead atoms. The highest BCUT2D eigenvalue weighted by atomic mass is 32.2. The van der Waals surface area contributed by atoms with E-state index in [2.05, 4.69) is 19.0 Å². The van der Waals surface area contributed by atoms with Crippen LogP contribution in [0.5, 0.6) is 0 Å². The van der Waals surface area contributed by atoms with Gasteiger partial charge < -0.3 is 4.90 Å². The largest absolute Gasteiger partial charge is 0.306 e. The van der Waals surface area contributed by atoms with Crippen molar-refractivity contribution in [1.29, 1.82) is 0 Å². The Kier molecular flexibility index (Phi) is 4.08. The zero-order valence-electron chi connectivity index (χ0n) is 12.9. The molecule has 0 amide bonds. The van der Waals surface area contributed by atoms with Crippen LogP contribution >= 0.6 is 0 Å². The molecule has 1 aromatic carbocycles. The summed E-state index contributed by atoms with van der Waals surface area (Å²) >= 11 is 0. The number of nitrogens with zero attached hydrogens (tertiary/aromatic N) is 2. The zero-order valence-corrected chi connectivity index (χ0v) is 13.7. The monoisotopic (exact) mass is 308 g/mol. The fourth-order valence-electron chi connectivity index (χ4n) is 3.46. The number of rotatable bonds is 3. The maximum Gasteiger partial charge on any atom is 0.243 e. The molecule has 0 saturated carbocycles. The van der Waals surface area contributed by atoms with E-state index in [1.54, 1.807) is 10.4 Å². The molecule has 4 nitrogen and oxygen atoms in total. The number of piperidine rings is 1. The van der Waals surface area contributed by atoms with Crippen molar-refractivity contribution < 1.29 is 8.42 Å². The number of sulfonamides is 1. The maximum atomic E-state index is 12.8. The molecule has 1 fully saturated rings. The van der Waals surface area contributed by atoms with E-state index in [-0.39, 0.29) is 0 Å². The lowest BCUT2D eigenvalue weighted by Gasteiger charge is -2.34. The van der Waals surface area contributed by atoms with Crippen LogP contribution in [0.25, 0.3) is 0 Å². The van der Waals surface area contributed by atoms with E-state index in [4.69, 9.17) is 0 Å². The highest BCUT2D eigenvalue weighted by molar-refractivity contribution is 7.89. The first-order valence-corrected chi connectivity index (χ1v) is 9.21. The van der Waals surface area contributed by atoms with Crippen molar-refractivity contribution in [2.75, 3.05) is 27.2 Å². The van der Waals surface area contributed by atoms with Crippen molar-refractivity contribution in [2.45, 2.75) is 43.0 Å². The maximum absolute atomic E-state index is 12.8. The van der Waals surface area contributed by atoms with Crippen molar-refractivity contribution in [2.24, 2.45) is 0 Å². The van der Waals surface area contributed by atoms with Gasteiger partial charge in [0.1, 0.15) is 0 Å². The van der Waals surface area contributed by atoms with Gasteiger partial charge >= 0.3 is 0 Å². The normalized spacial score (nSPS) is 20.9. The summed E-state index contributed by atoms with van der Waals surface area (Å²) in [6.07, 6.45) is 5.08. The molecule has 0 spiro atoms. The van der Waals surface area contributed by atoms with Crippen LogP contribution in [0.1, 0.15) is 30.4 Å². The van der Waals surface area contributed by atoms with Crippen LogP contribution < -0.4 is 0 Å². The van der Waals surface area contributed by atoms with Crippen molar-refractivity contribution >= 4 is 10.0 Å².